The number of likely N-dealkylation sites (tertiary alicyclic amines) is 1. The molecule has 1 amide bonds. The number of hydrogen-bond acceptors (Lipinski definition) is 3. The first kappa shape index (κ1) is 12.8. The summed E-state index contributed by atoms with van der Waals surface area (Å²) in [5.41, 5.74) is 0.530. The lowest BCUT2D eigenvalue weighted by atomic mass is 10.0. The van der Waals surface area contributed by atoms with Crippen molar-refractivity contribution in [1.82, 2.24) is 19.9 Å². The molecule has 2 heterocycles. The van der Waals surface area contributed by atoms with Gasteiger partial charge in [0.1, 0.15) is 5.82 Å². The normalized spacial score (nSPS) is 16.4. The van der Waals surface area contributed by atoms with Crippen LogP contribution < -0.4 is 0 Å². The van der Waals surface area contributed by atoms with Gasteiger partial charge in [-0.15, -0.1) is 0 Å². The fraction of sp³-hybridized carbons (Fsp3) is 0.357. The van der Waals surface area contributed by atoms with Gasteiger partial charge in [-0.2, -0.15) is 15.0 Å². The highest BCUT2D eigenvalue weighted by molar-refractivity contribution is 5.94. The van der Waals surface area contributed by atoms with Crippen molar-refractivity contribution < 1.29 is 9.18 Å². The number of piperidine rings is 1. The number of hydrogen-bond donors (Lipinski definition) is 0. The molecule has 0 saturated carbocycles. The highest BCUT2D eigenvalue weighted by atomic mass is 19.1. The third-order valence-electron chi connectivity index (χ3n) is 3.61. The van der Waals surface area contributed by atoms with Crippen LogP contribution in [-0.2, 0) is 0 Å². The molecule has 1 saturated heterocycles. The Hall–Kier alpha value is -2.24. The van der Waals surface area contributed by atoms with Crippen LogP contribution in [0, 0.1) is 5.82 Å². The van der Waals surface area contributed by atoms with Crippen LogP contribution in [0.3, 0.4) is 0 Å². The van der Waals surface area contributed by atoms with Crippen molar-refractivity contribution in [3.63, 3.8) is 0 Å². The van der Waals surface area contributed by atoms with Crippen LogP contribution in [0.5, 0.6) is 0 Å². The van der Waals surface area contributed by atoms with E-state index in [4.69, 9.17) is 0 Å². The minimum absolute atomic E-state index is 0.0446. The van der Waals surface area contributed by atoms with Crippen LogP contribution in [-0.4, -0.2) is 38.9 Å². The third-order valence-corrected chi connectivity index (χ3v) is 3.61. The van der Waals surface area contributed by atoms with Gasteiger partial charge in [0.05, 0.1) is 18.4 Å². The van der Waals surface area contributed by atoms with Crippen LogP contribution >= 0.6 is 0 Å². The average molecular weight is 274 g/mol. The van der Waals surface area contributed by atoms with E-state index in [0.717, 1.165) is 12.8 Å². The lowest BCUT2D eigenvalue weighted by Gasteiger charge is -2.31. The van der Waals surface area contributed by atoms with Gasteiger partial charge in [-0.3, -0.25) is 4.79 Å². The number of nitrogens with zero attached hydrogens (tertiary/aromatic N) is 4. The molecule has 0 atom stereocenters. The summed E-state index contributed by atoms with van der Waals surface area (Å²) in [7, 11) is 0. The number of aromatic nitrogens is 3. The Bertz CT molecular complexity index is 574. The summed E-state index contributed by atoms with van der Waals surface area (Å²) in [4.78, 5) is 15.8. The van der Waals surface area contributed by atoms with Crippen molar-refractivity contribution in [3.05, 3.63) is 48.0 Å². The Morgan fingerprint density at radius 3 is 2.30 bits per heavy atom. The fourth-order valence-corrected chi connectivity index (χ4v) is 2.49. The zero-order valence-electron chi connectivity index (χ0n) is 10.9. The molecular weight excluding hydrogens is 259 g/mol. The number of halogens is 1. The van der Waals surface area contributed by atoms with Gasteiger partial charge in [0.2, 0.25) is 0 Å². The van der Waals surface area contributed by atoms with Crippen LogP contribution in [0.25, 0.3) is 0 Å². The van der Waals surface area contributed by atoms with E-state index < -0.39 is 0 Å². The van der Waals surface area contributed by atoms with Crippen molar-refractivity contribution in [2.24, 2.45) is 0 Å². The second-order valence-corrected chi connectivity index (χ2v) is 4.88. The second kappa shape index (κ2) is 5.40. The zero-order valence-corrected chi connectivity index (χ0v) is 10.9. The minimum atomic E-state index is -0.329. The molecule has 1 aromatic carbocycles. The standard InChI is InChI=1S/C14H15FN4O/c15-12-3-1-11(2-4-12)14(20)18-9-5-13(6-10-18)19-16-7-8-17-19/h1-4,7-8,13H,5-6,9-10H2. The van der Waals surface area contributed by atoms with Gasteiger partial charge in [-0.25, -0.2) is 4.39 Å². The summed E-state index contributed by atoms with van der Waals surface area (Å²) in [5.74, 6) is -0.373. The lowest BCUT2D eigenvalue weighted by molar-refractivity contribution is 0.0683. The Kier molecular flexibility index (Phi) is 3.45. The van der Waals surface area contributed by atoms with Crippen molar-refractivity contribution in [1.29, 1.82) is 0 Å². The van der Waals surface area contributed by atoms with Gasteiger partial charge >= 0.3 is 0 Å². The summed E-state index contributed by atoms with van der Waals surface area (Å²) in [5, 5.41) is 8.28. The smallest absolute Gasteiger partial charge is 0.253 e. The van der Waals surface area contributed by atoms with Crippen molar-refractivity contribution in [3.8, 4) is 0 Å². The Labute approximate surface area is 116 Å². The van der Waals surface area contributed by atoms with Crippen LogP contribution in [0.4, 0.5) is 4.39 Å². The molecule has 1 fully saturated rings. The molecule has 0 radical (unpaired) electrons. The molecule has 5 nitrogen and oxygen atoms in total. The van der Waals surface area contributed by atoms with Gasteiger partial charge in [0.15, 0.2) is 0 Å². The van der Waals surface area contributed by atoms with Crippen molar-refractivity contribution >= 4 is 5.91 Å². The topological polar surface area (TPSA) is 51.0 Å². The van der Waals surface area contributed by atoms with E-state index in [-0.39, 0.29) is 17.8 Å². The summed E-state index contributed by atoms with van der Waals surface area (Å²) >= 11 is 0. The monoisotopic (exact) mass is 274 g/mol. The maximum absolute atomic E-state index is 12.9. The fourth-order valence-electron chi connectivity index (χ4n) is 2.49. The minimum Gasteiger partial charge on any atom is -0.338 e. The van der Waals surface area contributed by atoms with E-state index in [2.05, 4.69) is 10.2 Å². The predicted molar refractivity (Wildman–Crippen MR) is 70.6 cm³/mol. The molecular formula is C14H15FN4O. The van der Waals surface area contributed by atoms with E-state index >= 15 is 0 Å². The molecule has 0 unspecified atom stereocenters. The SMILES string of the molecule is O=C(c1ccc(F)cc1)N1CCC(n2nccn2)CC1. The maximum atomic E-state index is 12.9. The predicted octanol–water partition coefficient (Wildman–Crippen LogP) is 1.89. The molecule has 20 heavy (non-hydrogen) atoms. The Morgan fingerprint density at radius 1 is 1.10 bits per heavy atom. The third kappa shape index (κ3) is 2.54. The molecule has 0 bridgehead atoms. The summed E-state index contributed by atoms with van der Waals surface area (Å²) in [6.07, 6.45) is 5.00. The van der Waals surface area contributed by atoms with Crippen LogP contribution in [0.15, 0.2) is 36.7 Å². The first-order chi connectivity index (χ1) is 9.74. The van der Waals surface area contributed by atoms with E-state index in [9.17, 15) is 9.18 Å². The van der Waals surface area contributed by atoms with Gasteiger partial charge in [0, 0.05) is 18.7 Å². The molecule has 104 valence electrons. The Balaban J connectivity index is 1.63. The Morgan fingerprint density at radius 2 is 1.70 bits per heavy atom. The number of amides is 1. The zero-order chi connectivity index (χ0) is 13.9. The molecule has 2 aromatic rings. The van der Waals surface area contributed by atoms with Crippen LogP contribution in [0.2, 0.25) is 0 Å². The van der Waals surface area contributed by atoms with Crippen LogP contribution in [0.1, 0.15) is 29.2 Å². The first-order valence-corrected chi connectivity index (χ1v) is 6.64. The van der Waals surface area contributed by atoms with Gasteiger partial charge in [-0.05, 0) is 37.1 Å². The molecule has 3 rings (SSSR count). The molecule has 6 heteroatoms. The quantitative estimate of drug-likeness (QED) is 0.840. The second-order valence-electron chi connectivity index (χ2n) is 4.88. The molecule has 0 spiro atoms. The molecule has 0 aliphatic carbocycles. The average Bonchev–Trinajstić information content (AvgIpc) is 3.02. The molecule has 1 aliphatic heterocycles. The molecule has 0 N–H and O–H groups in total. The summed E-state index contributed by atoms with van der Waals surface area (Å²) in [6.45, 7) is 1.34. The van der Waals surface area contributed by atoms with E-state index in [1.807, 2.05) is 0 Å². The van der Waals surface area contributed by atoms with E-state index in [0.29, 0.717) is 18.7 Å². The lowest BCUT2D eigenvalue weighted by Crippen LogP contribution is -2.39. The number of carbonyl (C=O) groups is 1. The summed E-state index contributed by atoms with van der Waals surface area (Å²) < 4.78 is 12.9. The van der Waals surface area contributed by atoms with Crippen molar-refractivity contribution in [2.45, 2.75) is 18.9 Å². The highest BCUT2D eigenvalue weighted by Gasteiger charge is 2.25. The number of carbonyl (C=O) groups excluding carboxylic acids is 1. The summed E-state index contributed by atoms with van der Waals surface area (Å²) in [6, 6.07) is 5.93. The van der Waals surface area contributed by atoms with Gasteiger partial charge < -0.3 is 4.90 Å². The molecule has 1 aromatic heterocycles. The maximum Gasteiger partial charge on any atom is 0.253 e. The first-order valence-electron chi connectivity index (χ1n) is 6.64. The number of benzene rings is 1. The van der Waals surface area contributed by atoms with Crippen molar-refractivity contribution in [2.75, 3.05) is 13.1 Å². The van der Waals surface area contributed by atoms with E-state index in [1.165, 1.54) is 24.3 Å². The highest BCUT2D eigenvalue weighted by Crippen LogP contribution is 2.22. The number of rotatable bonds is 2. The van der Waals surface area contributed by atoms with E-state index in [1.54, 1.807) is 22.1 Å². The van der Waals surface area contributed by atoms with Gasteiger partial charge in [0.25, 0.3) is 5.91 Å². The van der Waals surface area contributed by atoms with Gasteiger partial charge in [-0.1, -0.05) is 0 Å². The largest absolute Gasteiger partial charge is 0.338 e. The molecule has 1 aliphatic rings.